The molecule has 1 amide bonds. The molecule has 0 bridgehead atoms. The highest BCUT2D eigenvalue weighted by atomic mass is 32.1. The fraction of sp³-hybridized carbons (Fsp3) is 0.211. The molecular weight excluding hydrogens is 322 g/mol. The van der Waals surface area contributed by atoms with Crippen LogP contribution in [0.1, 0.15) is 27.0 Å². The summed E-state index contributed by atoms with van der Waals surface area (Å²) in [7, 11) is 0. The van der Waals surface area contributed by atoms with Crippen molar-refractivity contribution in [2.24, 2.45) is 0 Å². The van der Waals surface area contributed by atoms with Crippen molar-refractivity contribution in [3.8, 4) is 11.1 Å². The quantitative estimate of drug-likeness (QED) is 0.683. The number of carbonyl (C=O) groups excluding carboxylic acids is 1. The molecular formula is C19H19NOS2. The largest absolute Gasteiger partial charge is 0.349 e. The molecule has 0 spiro atoms. The van der Waals surface area contributed by atoms with Gasteiger partial charge in [-0.1, -0.05) is 35.9 Å². The van der Waals surface area contributed by atoms with E-state index >= 15 is 0 Å². The van der Waals surface area contributed by atoms with Gasteiger partial charge in [0.05, 0.1) is 4.88 Å². The Morgan fingerprint density at radius 2 is 1.87 bits per heavy atom. The van der Waals surface area contributed by atoms with Crippen molar-refractivity contribution in [2.45, 2.75) is 26.3 Å². The number of hydrogen-bond acceptors (Lipinski definition) is 3. The summed E-state index contributed by atoms with van der Waals surface area (Å²) < 4.78 is 0. The summed E-state index contributed by atoms with van der Waals surface area (Å²) in [5.74, 6) is 0.0135. The summed E-state index contributed by atoms with van der Waals surface area (Å²) in [5.41, 5.74) is 3.32. The fourth-order valence-corrected chi connectivity index (χ4v) is 4.17. The summed E-state index contributed by atoms with van der Waals surface area (Å²) in [6, 6.07) is 14.6. The topological polar surface area (TPSA) is 29.1 Å². The molecule has 0 aliphatic rings. The average Bonchev–Trinajstić information content (AvgIpc) is 3.19. The molecule has 0 radical (unpaired) electrons. The van der Waals surface area contributed by atoms with E-state index in [0.29, 0.717) is 0 Å². The van der Waals surface area contributed by atoms with Gasteiger partial charge in [0.2, 0.25) is 0 Å². The zero-order valence-corrected chi connectivity index (χ0v) is 14.8. The van der Waals surface area contributed by atoms with E-state index in [1.807, 2.05) is 17.5 Å². The molecule has 1 N–H and O–H groups in total. The standard InChI is InChI=1S/C19H19NOS2/c1-13-5-7-15(8-6-13)17-9-11-23-18(17)19(21)20-14(2)12-16-4-3-10-22-16/h3-11,14H,12H2,1-2H3,(H,20,21). The highest BCUT2D eigenvalue weighted by molar-refractivity contribution is 7.12. The molecule has 1 unspecified atom stereocenters. The molecule has 0 saturated carbocycles. The van der Waals surface area contributed by atoms with E-state index in [9.17, 15) is 4.79 Å². The van der Waals surface area contributed by atoms with Crippen molar-refractivity contribution < 1.29 is 4.79 Å². The number of carbonyl (C=O) groups is 1. The van der Waals surface area contributed by atoms with Crippen LogP contribution in [0.5, 0.6) is 0 Å². The van der Waals surface area contributed by atoms with Crippen molar-refractivity contribution >= 4 is 28.6 Å². The lowest BCUT2D eigenvalue weighted by Gasteiger charge is -2.13. The molecule has 118 valence electrons. The molecule has 0 saturated heterocycles. The lowest BCUT2D eigenvalue weighted by Crippen LogP contribution is -2.33. The predicted molar refractivity (Wildman–Crippen MR) is 99.4 cm³/mol. The molecule has 0 aliphatic heterocycles. The SMILES string of the molecule is Cc1ccc(-c2ccsc2C(=O)NC(C)Cc2cccs2)cc1. The molecule has 2 aromatic heterocycles. The molecule has 3 rings (SSSR count). The third kappa shape index (κ3) is 3.89. The minimum Gasteiger partial charge on any atom is -0.349 e. The van der Waals surface area contributed by atoms with E-state index in [1.165, 1.54) is 21.8 Å². The van der Waals surface area contributed by atoms with Crippen molar-refractivity contribution in [3.05, 3.63) is 68.5 Å². The van der Waals surface area contributed by atoms with Gasteiger partial charge in [0.25, 0.3) is 5.91 Å². The lowest BCUT2D eigenvalue weighted by molar-refractivity contribution is 0.0945. The van der Waals surface area contributed by atoms with E-state index in [2.05, 4.69) is 54.9 Å². The van der Waals surface area contributed by atoms with Gasteiger partial charge in [0.15, 0.2) is 0 Å². The number of benzene rings is 1. The number of hydrogen-bond donors (Lipinski definition) is 1. The van der Waals surface area contributed by atoms with Crippen molar-refractivity contribution in [2.75, 3.05) is 0 Å². The molecule has 0 aliphatic carbocycles. The second kappa shape index (κ2) is 7.11. The van der Waals surface area contributed by atoms with Crippen LogP contribution in [0.3, 0.4) is 0 Å². The lowest BCUT2D eigenvalue weighted by atomic mass is 10.0. The van der Waals surface area contributed by atoms with Crippen LogP contribution in [0.2, 0.25) is 0 Å². The number of rotatable bonds is 5. The van der Waals surface area contributed by atoms with Gasteiger partial charge in [-0.25, -0.2) is 0 Å². The predicted octanol–water partition coefficient (Wildman–Crippen LogP) is 5.15. The van der Waals surface area contributed by atoms with Crippen LogP contribution in [0.4, 0.5) is 0 Å². The smallest absolute Gasteiger partial charge is 0.262 e. The third-order valence-electron chi connectivity index (χ3n) is 3.70. The Labute approximate surface area is 144 Å². The molecule has 3 aromatic rings. The molecule has 23 heavy (non-hydrogen) atoms. The Balaban J connectivity index is 1.73. The van der Waals surface area contributed by atoms with E-state index in [-0.39, 0.29) is 11.9 Å². The van der Waals surface area contributed by atoms with Crippen LogP contribution in [-0.2, 0) is 6.42 Å². The summed E-state index contributed by atoms with van der Waals surface area (Å²) in [5, 5.41) is 7.17. The van der Waals surface area contributed by atoms with Gasteiger partial charge in [-0.3, -0.25) is 4.79 Å². The maximum atomic E-state index is 12.6. The fourth-order valence-electron chi connectivity index (χ4n) is 2.52. The van der Waals surface area contributed by atoms with E-state index in [0.717, 1.165) is 22.4 Å². The van der Waals surface area contributed by atoms with Crippen molar-refractivity contribution in [1.82, 2.24) is 5.32 Å². The normalized spacial score (nSPS) is 12.1. The summed E-state index contributed by atoms with van der Waals surface area (Å²) in [4.78, 5) is 14.7. The van der Waals surface area contributed by atoms with Gasteiger partial charge in [0, 0.05) is 22.9 Å². The minimum absolute atomic E-state index is 0.0135. The Morgan fingerprint density at radius 1 is 1.09 bits per heavy atom. The average molecular weight is 342 g/mol. The first-order chi connectivity index (χ1) is 11.1. The van der Waals surface area contributed by atoms with Crippen LogP contribution < -0.4 is 5.32 Å². The van der Waals surface area contributed by atoms with Crippen LogP contribution in [0.15, 0.2) is 53.2 Å². The van der Waals surface area contributed by atoms with Gasteiger partial charge in [0.1, 0.15) is 0 Å². The zero-order chi connectivity index (χ0) is 16.2. The maximum Gasteiger partial charge on any atom is 0.262 e. The van der Waals surface area contributed by atoms with E-state index < -0.39 is 0 Å². The van der Waals surface area contributed by atoms with Crippen molar-refractivity contribution in [3.63, 3.8) is 0 Å². The van der Waals surface area contributed by atoms with Gasteiger partial charge in [-0.05, 0) is 42.3 Å². The second-order valence-corrected chi connectivity index (χ2v) is 7.64. The highest BCUT2D eigenvalue weighted by Gasteiger charge is 2.16. The van der Waals surface area contributed by atoms with Gasteiger partial charge < -0.3 is 5.32 Å². The monoisotopic (exact) mass is 341 g/mol. The number of nitrogens with one attached hydrogen (secondary N) is 1. The van der Waals surface area contributed by atoms with Gasteiger partial charge >= 0.3 is 0 Å². The number of aryl methyl sites for hydroxylation is 1. The molecule has 2 nitrogen and oxygen atoms in total. The van der Waals surface area contributed by atoms with E-state index in [1.54, 1.807) is 11.3 Å². The summed E-state index contributed by atoms with van der Waals surface area (Å²) in [6.07, 6.45) is 0.870. The Hall–Kier alpha value is -1.91. The van der Waals surface area contributed by atoms with Crippen LogP contribution in [-0.4, -0.2) is 11.9 Å². The van der Waals surface area contributed by atoms with Crippen molar-refractivity contribution in [1.29, 1.82) is 0 Å². The minimum atomic E-state index is 0.0135. The first-order valence-electron chi connectivity index (χ1n) is 7.61. The molecule has 4 heteroatoms. The second-order valence-electron chi connectivity index (χ2n) is 5.69. The molecule has 2 heterocycles. The number of amides is 1. The summed E-state index contributed by atoms with van der Waals surface area (Å²) in [6.45, 7) is 4.12. The number of thiophene rings is 2. The van der Waals surface area contributed by atoms with Gasteiger partial charge in [-0.2, -0.15) is 0 Å². The molecule has 1 aromatic carbocycles. The zero-order valence-electron chi connectivity index (χ0n) is 13.2. The first-order valence-corrected chi connectivity index (χ1v) is 9.37. The Kier molecular flexibility index (Phi) is 4.94. The van der Waals surface area contributed by atoms with Gasteiger partial charge in [-0.15, -0.1) is 22.7 Å². The highest BCUT2D eigenvalue weighted by Crippen LogP contribution is 2.28. The maximum absolute atomic E-state index is 12.6. The third-order valence-corrected chi connectivity index (χ3v) is 5.51. The summed E-state index contributed by atoms with van der Waals surface area (Å²) >= 11 is 3.23. The molecule has 1 atom stereocenters. The van der Waals surface area contributed by atoms with E-state index in [4.69, 9.17) is 0 Å². The Bertz CT molecular complexity index is 772. The van der Waals surface area contributed by atoms with Crippen LogP contribution in [0.25, 0.3) is 11.1 Å². The first kappa shape index (κ1) is 16.0. The Morgan fingerprint density at radius 3 is 2.57 bits per heavy atom. The molecule has 0 fully saturated rings. The van der Waals surface area contributed by atoms with Crippen LogP contribution in [0, 0.1) is 6.92 Å². The van der Waals surface area contributed by atoms with Crippen LogP contribution >= 0.6 is 22.7 Å².